The Morgan fingerprint density at radius 2 is 1.41 bits per heavy atom. The van der Waals surface area contributed by atoms with E-state index in [2.05, 4.69) is 21.3 Å². The smallest absolute Gasteiger partial charge is 0.251 e. The molecule has 5 rings (SSSR count). The number of rotatable bonds is 20. The maximum Gasteiger partial charge on any atom is 0.251 e. The molecule has 8 unspecified atom stereocenters. The summed E-state index contributed by atoms with van der Waals surface area (Å²) in [5.74, 6) is -2.40. The lowest BCUT2D eigenvalue weighted by Crippen LogP contribution is -2.59. The molecule has 13 nitrogen and oxygen atoms in total. The Morgan fingerprint density at radius 3 is 2.03 bits per heavy atom. The molecule has 2 aliphatic rings. The van der Waals surface area contributed by atoms with Gasteiger partial charge in [0.15, 0.2) is 11.6 Å². The lowest BCUT2D eigenvalue weighted by Gasteiger charge is -2.35. The number of hydrogen-bond donors (Lipinski definition) is 6. The molecular weight excluding hydrogens is 797 g/mol. The predicted molar refractivity (Wildman–Crippen MR) is 244 cm³/mol. The van der Waals surface area contributed by atoms with E-state index in [4.69, 9.17) is 5.73 Å². The molecule has 1 aliphatic carbocycles. The number of likely N-dealkylation sites (N-methyl/N-ethyl adjacent to an activating group) is 1. The van der Waals surface area contributed by atoms with Crippen LogP contribution in [0.4, 0.5) is 0 Å². The van der Waals surface area contributed by atoms with Crippen LogP contribution in [0.3, 0.4) is 0 Å². The second-order valence-corrected chi connectivity index (χ2v) is 18.0. The van der Waals surface area contributed by atoms with Crippen molar-refractivity contribution in [1.29, 1.82) is 0 Å². The van der Waals surface area contributed by atoms with E-state index in [1.807, 2.05) is 92.7 Å². The van der Waals surface area contributed by atoms with Crippen LogP contribution in [0.15, 0.2) is 78.9 Å². The van der Waals surface area contributed by atoms with Gasteiger partial charge in [0.2, 0.25) is 17.7 Å². The summed E-state index contributed by atoms with van der Waals surface area (Å²) in [5, 5.41) is 22.5. The first-order chi connectivity index (χ1) is 30.1. The highest BCUT2D eigenvalue weighted by molar-refractivity contribution is 5.96. The second-order valence-electron chi connectivity index (χ2n) is 18.0. The SMILES string of the molecule is CNC(C)C(=O)NC(C(=O)N1CCCC1C(=O)NC(C(C)=O)C(c1ccccc1)c1ccc(-c2cccc(CC(N)C(O)C(=O)NC(CC(C)C)C(C)=O)c2)cc1)C1CCCCC1. The normalized spacial score (nSPS) is 18.9. The Labute approximate surface area is 372 Å². The summed E-state index contributed by atoms with van der Waals surface area (Å²) in [6.07, 6.45) is 4.93. The molecule has 0 aromatic heterocycles. The minimum atomic E-state index is -1.51. The number of ketones is 2. The lowest BCUT2D eigenvalue weighted by molar-refractivity contribution is -0.143. The molecule has 1 saturated heterocycles. The summed E-state index contributed by atoms with van der Waals surface area (Å²) in [4.78, 5) is 82.0. The highest BCUT2D eigenvalue weighted by Gasteiger charge is 2.42. The monoisotopic (exact) mass is 865 g/mol. The molecule has 7 N–H and O–H groups in total. The average molecular weight is 865 g/mol. The molecule has 63 heavy (non-hydrogen) atoms. The van der Waals surface area contributed by atoms with Gasteiger partial charge in [0.1, 0.15) is 18.2 Å². The number of nitrogens with one attached hydrogen (secondary N) is 4. The number of carbonyl (C=O) groups is 6. The average Bonchev–Trinajstić information content (AvgIpc) is 3.78. The molecule has 3 aromatic carbocycles. The number of Topliss-reactive ketones (excluding diaryl/α,β-unsaturated/α-hetero) is 2. The third-order valence-electron chi connectivity index (χ3n) is 12.8. The number of amides is 4. The van der Waals surface area contributed by atoms with Crippen molar-refractivity contribution in [3.8, 4) is 11.1 Å². The zero-order valence-electron chi connectivity index (χ0n) is 37.8. The first-order valence-electron chi connectivity index (χ1n) is 22.7. The molecule has 13 heteroatoms. The zero-order chi connectivity index (χ0) is 45.8. The summed E-state index contributed by atoms with van der Waals surface area (Å²) < 4.78 is 0. The van der Waals surface area contributed by atoms with Gasteiger partial charge in [-0.3, -0.25) is 28.8 Å². The molecular formula is C50H68N6O7. The van der Waals surface area contributed by atoms with E-state index in [1.165, 1.54) is 13.8 Å². The van der Waals surface area contributed by atoms with Gasteiger partial charge in [0.05, 0.1) is 18.1 Å². The number of aliphatic hydroxyl groups excluding tert-OH is 1. The van der Waals surface area contributed by atoms with E-state index >= 15 is 0 Å². The fourth-order valence-corrected chi connectivity index (χ4v) is 9.04. The summed E-state index contributed by atoms with van der Waals surface area (Å²) in [7, 11) is 1.70. The molecule has 0 radical (unpaired) electrons. The van der Waals surface area contributed by atoms with Crippen LogP contribution in [0.2, 0.25) is 0 Å². The Kier molecular flexibility index (Phi) is 17.7. The van der Waals surface area contributed by atoms with Crippen molar-refractivity contribution in [3.05, 3.63) is 95.6 Å². The first kappa shape index (κ1) is 48.8. The number of aliphatic hydroxyl groups is 1. The molecule has 0 bridgehead atoms. The molecule has 2 fully saturated rings. The van der Waals surface area contributed by atoms with E-state index in [-0.39, 0.29) is 41.6 Å². The molecule has 1 aliphatic heterocycles. The predicted octanol–water partition coefficient (Wildman–Crippen LogP) is 4.57. The van der Waals surface area contributed by atoms with E-state index < -0.39 is 60.1 Å². The molecule has 1 saturated carbocycles. The van der Waals surface area contributed by atoms with Gasteiger partial charge in [0.25, 0.3) is 5.91 Å². The zero-order valence-corrected chi connectivity index (χ0v) is 37.8. The molecule has 1 heterocycles. The van der Waals surface area contributed by atoms with Gasteiger partial charge in [-0.2, -0.15) is 0 Å². The van der Waals surface area contributed by atoms with Crippen molar-refractivity contribution in [3.63, 3.8) is 0 Å². The largest absolute Gasteiger partial charge is 0.382 e. The number of nitrogens with two attached hydrogens (primary N) is 1. The van der Waals surface area contributed by atoms with Crippen molar-refractivity contribution in [2.45, 2.75) is 141 Å². The van der Waals surface area contributed by atoms with Crippen LogP contribution in [0, 0.1) is 11.8 Å². The van der Waals surface area contributed by atoms with E-state index in [1.54, 1.807) is 18.9 Å². The van der Waals surface area contributed by atoms with Gasteiger partial charge in [0, 0.05) is 18.5 Å². The third-order valence-corrected chi connectivity index (χ3v) is 12.8. The lowest BCUT2D eigenvalue weighted by atomic mass is 9.82. The number of nitrogens with zero attached hydrogens (tertiary/aromatic N) is 1. The fourth-order valence-electron chi connectivity index (χ4n) is 9.04. The van der Waals surface area contributed by atoms with E-state index in [0.717, 1.165) is 59.9 Å². The Balaban J connectivity index is 1.34. The van der Waals surface area contributed by atoms with Crippen molar-refractivity contribution < 1.29 is 33.9 Å². The molecule has 0 spiro atoms. The molecule has 340 valence electrons. The summed E-state index contributed by atoms with van der Waals surface area (Å²) in [6.45, 7) is 8.92. The van der Waals surface area contributed by atoms with Crippen molar-refractivity contribution in [2.75, 3.05) is 13.6 Å². The standard InChI is InChI=1S/C50H68N6O7/c1-30(2)27-41(32(4)57)53-49(62)46(59)40(51)29-34-15-13-20-39(28-34)35-22-24-37(25-23-35)43(36-16-9-7-10-17-36)44(33(5)58)54-48(61)42-21-14-26-56(42)50(63)45(38-18-11-8-12-19-38)55-47(60)31(3)52-6/h7,9-10,13,15-17,20,22-25,28,30-31,38,40-46,52,59H,8,11-12,14,18-19,21,26-27,29,51H2,1-6H3,(H,53,62)(H,54,61)(H,55,60). The fraction of sp³-hybridized carbons (Fsp3) is 0.520. The van der Waals surface area contributed by atoms with Crippen LogP contribution in [-0.2, 0) is 35.2 Å². The molecule has 8 atom stereocenters. The van der Waals surface area contributed by atoms with Crippen molar-refractivity contribution in [2.24, 2.45) is 17.6 Å². The van der Waals surface area contributed by atoms with Gasteiger partial charge in [-0.25, -0.2) is 0 Å². The van der Waals surface area contributed by atoms with Gasteiger partial charge in [-0.1, -0.05) is 112 Å². The van der Waals surface area contributed by atoms with Crippen LogP contribution < -0.4 is 27.0 Å². The maximum absolute atomic E-state index is 14.4. The van der Waals surface area contributed by atoms with Crippen molar-refractivity contribution >= 4 is 35.2 Å². The van der Waals surface area contributed by atoms with Crippen LogP contribution >= 0.6 is 0 Å². The number of likely N-dealkylation sites (tertiary alicyclic amines) is 1. The topological polar surface area (TPSA) is 200 Å². The van der Waals surface area contributed by atoms with Gasteiger partial charge < -0.3 is 37.0 Å². The Hall–Kier alpha value is -5.24. The number of benzene rings is 3. The minimum Gasteiger partial charge on any atom is -0.382 e. The Bertz CT molecular complexity index is 2040. The maximum atomic E-state index is 14.4. The second kappa shape index (κ2) is 22.9. The van der Waals surface area contributed by atoms with E-state index in [0.29, 0.717) is 25.8 Å². The molecule has 3 aromatic rings. The summed E-state index contributed by atoms with van der Waals surface area (Å²) in [5.41, 5.74) is 10.5. The molecule has 4 amide bonds. The van der Waals surface area contributed by atoms with Crippen molar-refractivity contribution in [1.82, 2.24) is 26.2 Å². The van der Waals surface area contributed by atoms with Crippen LogP contribution in [0.5, 0.6) is 0 Å². The van der Waals surface area contributed by atoms with Gasteiger partial charge in [-0.15, -0.1) is 0 Å². The van der Waals surface area contributed by atoms with E-state index in [9.17, 15) is 33.9 Å². The number of hydrogen-bond acceptors (Lipinski definition) is 9. The third kappa shape index (κ3) is 12.9. The highest BCUT2D eigenvalue weighted by Crippen LogP contribution is 2.33. The van der Waals surface area contributed by atoms with Crippen LogP contribution in [0.25, 0.3) is 11.1 Å². The van der Waals surface area contributed by atoms with Crippen LogP contribution in [-0.4, -0.2) is 101 Å². The highest BCUT2D eigenvalue weighted by atomic mass is 16.3. The van der Waals surface area contributed by atoms with Gasteiger partial charge >= 0.3 is 0 Å². The first-order valence-corrected chi connectivity index (χ1v) is 22.7. The quantitative estimate of drug-likeness (QED) is 0.0942. The summed E-state index contributed by atoms with van der Waals surface area (Å²) >= 11 is 0. The number of carbonyl (C=O) groups excluding carboxylic acids is 6. The minimum absolute atomic E-state index is 0.0211. The van der Waals surface area contributed by atoms with Gasteiger partial charge in [-0.05, 0) is 106 Å². The van der Waals surface area contributed by atoms with Crippen LogP contribution in [0.1, 0.15) is 109 Å². The Morgan fingerprint density at radius 1 is 0.746 bits per heavy atom. The summed E-state index contributed by atoms with van der Waals surface area (Å²) in [6, 6.07) is 20.4.